The highest BCUT2D eigenvalue weighted by Gasteiger charge is 2.46. The molecule has 1 saturated carbocycles. The number of carbonyl (C=O) groups excluding carboxylic acids is 1. The normalized spacial score (nSPS) is 17.0. The van der Waals surface area contributed by atoms with Crippen molar-refractivity contribution >= 4 is 28.8 Å². The van der Waals surface area contributed by atoms with Crippen molar-refractivity contribution in [2.75, 3.05) is 6.54 Å². The molecular weight excluding hydrogens is 358 g/mol. The van der Waals surface area contributed by atoms with E-state index in [0.29, 0.717) is 10.8 Å². The SMILES string of the molecule is CC(C)(Oc1ccc(Cl)cc1)C(=O)NC[C@](O)(c1cccs1)C1CC1. The van der Waals surface area contributed by atoms with Gasteiger partial charge in [-0.15, -0.1) is 11.3 Å². The molecule has 1 aromatic carbocycles. The van der Waals surface area contributed by atoms with Crippen LogP contribution in [0.25, 0.3) is 0 Å². The maximum Gasteiger partial charge on any atom is 0.263 e. The van der Waals surface area contributed by atoms with Gasteiger partial charge in [0.1, 0.15) is 11.4 Å². The zero-order valence-electron chi connectivity index (χ0n) is 14.3. The minimum absolute atomic E-state index is 0.185. The van der Waals surface area contributed by atoms with Crippen molar-refractivity contribution in [2.24, 2.45) is 5.92 Å². The number of amides is 1. The molecule has 1 amide bonds. The van der Waals surface area contributed by atoms with Gasteiger partial charge in [0.15, 0.2) is 5.60 Å². The Kier molecular flexibility index (Phi) is 5.09. The largest absolute Gasteiger partial charge is 0.478 e. The molecule has 134 valence electrons. The average Bonchev–Trinajstić information content (AvgIpc) is 3.29. The Morgan fingerprint density at radius 3 is 2.56 bits per heavy atom. The molecule has 6 heteroatoms. The lowest BCUT2D eigenvalue weighted by molar-refractivity contribution is -0.135. The zero-order chi connectivity index (χ0) is 18.1. The van der Waals surface area contributed by atoms with Crippen molar-refractivity contribution in [3.63, 3.8) is 0 Å². The third-order valence-electron chi connectivity index (χ3n) is 4.45. The van der Waals surface area contributed by atoms with E-state index in [1.807, 2.05) is 17.5 Å². The third kappa shape index (κ3) is 4.17. The lowest BCUT2D eigenvalue weighted by atomic mass is 9.95. The van der Waals surface area contributed by atoms with E-state index in [-0.39, 0.29) is 18.4 Å². The molecule has 2 N–H and O–H groups in total. The van der Waals surface area contributed by atoms with E-state index >= 15 is 0 Å². The first-order chi connectivity index (χ1) is 11.8. The minimum Gasteiger partial charge on any atom is -0.478 e. The first-order valence-corrected chi connectivity index (χ1v) is 9.56. The van der Waals surface area contributed by atoms with Gasteiger partial charge in [0.2, 0.25) is 0 Å². The van der Waals surface area contributed by atoms with Crippen LogP contribution >= 0.6 is 22.9 Å². The maximum atomic E-state index is 12.6. The number of hydrogen-bond acceptors (Lipinski definition) is 4. The molecule has 2 aromatic rings. The molecule has 25 heavy (non-hydrogen) atoms. The van der Waals surface area contributed by atoms with Crippen LogP contribution in [0.2, 0.25) is 5.02 Å². The van der Waals surface area contributed by atoms with Crippen LogP contribution in [0.1, 0.15) is 31.6 Å². The van der Waals surface area contributed by atoms with Crippen molar-refractivity contribution in [3.8, 4) is 5.75 Å². The number of ether oxygens (including phenoxy) is 1. The van der Waals surface area contributed by atoms with Crippen LogP contribution in [0, 0.1) is 5.92 Å². The Hall–Kier alpha value is -1.56. The number of rotatable bonds is 7. The van der Waals surface area contributed by atoms with Crippen molar-refractivity contribution in [3.05, 3.63) is 51.7 Å². The van der Waals surface area contributed by atoms with Gasteiger partial charge in [-0.1, -0.05) is 17.7 Å². The van der Waals surface area contributed by atoms with Gasteiger partial charge in [-0.05, 0) is 68.3 Å². The highest BCUT2D eigenvalue weighted by atomic mass is 35.5. The van der Waals surface area contributed by atoms with Crippen molar-refractivity contribution < 1.29 is 14.6 Å². The van der Waals surface area contributed by atoms with Gasteiger partial charge in [0.05, 0.1) is 6.54 Å². The number of thiophene rings is 1. The number of nitrogens with one attached hydrogen (secondary N) is 1. The Balaban J connectivity index is 1.65. The minimum atomic E-state index is -1.06. The summed E-state index contributed by atoms with van der Waals surface area (Å²) in [4.78, 5) is 13.5. The average molecular weight is 380 g/mol. The summed E-state index contributed by atoms with van der Waals surface area (Å²) in [5, 5.41) is 16.5. The second kappa shape index (κ2) is 6.98. The molecule has 1 aliphatic rings. The van der Waals surface area contributed by atoms with Crippen LogP contribution in [0.3, 0.4) is 0 Å². The fraction of sp³-hybridized carbons (Fsp3) is 0.421. The Labute approximate surface area is 156 Å². The quantitative estimate of drug-likeness (QED) is 0.765. The van der Waals surface area contributed by atoms with Gasteiger partial charge >= 0.3 is 0 Å². The predicted molar refractivity (Wildman–Crippen MR) is 100 cm³/mol. The summed E-state index contributed by atoms with van der Waals surface area (Å²) in [5.74, 6) is 0.505. The molecule has 0 unspecified atom stereocenters. The Bertz CT molecular complexity index is 726. The molecule has 0 aliphatic heterocycles. The smallest absolute Gasteiger partial charge is 0.263 e. The van der Waals surface area contributed by atoms with E-state index in [4.69, 9.17) is 16.3 Å². The lowest BCUT2D eigenvalue weighted by Crippen LogP contribution is -2.51. The summed E-state index contributed by atoms with van der Waals surface area (Å²) in [5.41, 5.74) is -2.06. The highest BCUT2D eigenvalue weighted by molar-refractivity contribution is 7.10. The van der Waals surface area contributed by atoms with E-state index in [1.54, 1.807) is 38.1 Å². The molecule has 4 nitrogen and oxygen atoms in total. The predicted octanol–water partition coefficient (Wildman–Crippen LogP) is 3.97. The number of carbonyl (C=O) groups is 1. The van der Waals surface area contributed by atoms with Crippen LogP contribution in [-0.4, -0.2) is 23.2 Å². The number of halogens is 1. The Morgan fingerprint density at radius 1 is 1.32 bits per heavy atom. The van der Waals surface area contributed by atoms with E-state index in [2.05, 4.69) is 5.32 Å². The summed E-state index contributed by atoms with van der Waals surface area (Å²) in [7, 11) is 0. The van der Waals surface area contributed by atoms with Gasteiger partial charge in [0, 0.05) is 9.90 Å². The molecule has 3 rings (SSSR count). The highest BCUT2D eigenvalue weighted by Crippen LogP contribution is 2.46. The second-order valence-corrected chi connectivity index (χ2v) is 8.31. The topological polar surface area (TPSA) is 58.6 Å². The monoisotopic (exact) mass is 379 g/mol. The first-order valence-electron chi connectivity index (χ1n) is 8.30. The van der Waals surface area contributed by atoms with Crippen LogP contribution < -0.4 is 10.1 Å². The molecule has 0 bridgehead atoms. The fourth-order valence-electron chi connectivity index (χ4n) is 2.79. The maximum absolute atomic E-state index is 12.6. The van der Waals surface area contributed by atoms with Gasteiger partial charge in [-0.3, -0.25) is 4.79 Å². The van der Waals surface area contributed by atoms with Gasteiger partial charge in [0.25, 0.3) is 5.91 Å². The molecule has 0 saturated heterocycles. The molecule has 0 radical (unpaired) electrons. The summed E-state index contributed by atoms with van der Waals surface area (Å²) < 4.78 is 5.80. The van der Waals surface area contributed by atoms with E-state index in [1.165, 1.54) is 11.3 Å². The second-order valence-electron chi connectivity index (χ2n) is 6.92. The van der Waals surface area contributed by atoms with Gasteiger partial charge < -0.3 is 15.2 Å². The van der Waals surface area contributed by atoms with Gasteiger partial charge in [-0.2, -0.15) is 0 Å². The summed E-state index contributed by atoms with van der Waals surface area (Å²) >= 11 is 7.38. The molecular formula is C19H22ClNO3S. The molecule has 1 fully saturated rings. The van der Waals surface area contributed by atoms with Crippen LogP contribution in [0.5, 0.6) is 5.75 Å². The first kappa shape index (κ1) is 18.2. The molecule has 1 aromatic heterocycles. The summed E-state index contributed by atoms with van der Waals surface area (Å²) in [6.07, 6.45) is 1.96. The molecule has 1 atom stereocenters. The van der Waals surface area contributed by atoms with Crippen LogP contribution in [-0.2, 0) is 10.4 Å². The van der Waals surface area contributed by atoms with Crippen molar-refractivity contribution in [1.29, 1.82) is 0 Å². The number of hydrogen-bond donors (Lipinski definition) is 2. The van der Waals surface area contributed by atoms with Crippen LogP contribution in [0.15, 0.2) is 41.8 Å². The van der Waals surface area contributed by atoms with E-state index in [0.717, 1.165) is 17.7 Å². The standard InChI is InChI=1S/C19H22ClNO3S/c1-18(2,24-15-9-7-14(20)8-10-15)17(22)21-12-19(23,13-5-6-13)16-4-3-11-25-16/h3-4,7-11,13,23H,5-6,12H2,1-2H3,(H,21,22)/t19-/m1/s1. The number of aliphatic hydroxyl groups is 1. The van der Waals surface area contributed by atoms with E-state index < -0.39 is 11.2 Å². The van der Waals surface area contributed by atoms with Crippen molar-refractivity contribution in [2.45, 2.75) is 37.9 Å². The fourth-order valence-corrected chi connectivity index (χ4v) is 3.82. The summed E-state index contributed by atoms with van der Waals surface area (Å²) in [6.45, 7) is 3.60. The summed E-state index contributed by atoms with van der Waals surface area (Å²) in [6, 6.07) is 10.7. The lowest BCUT2D eigenvalue weighted by Gasteiger charge is -2.30. The molecule has 0 spiro atoms. The zero-order valence-corrected chi connectivity index (χ0v) is 15.9. The molecule has 1 heterocycles. The third-order valence-corrected chi connectivity index (χ3v) is 5.74. The number of benzene rings is 1. The van der Waals surface area contributed by atoms with Gasteiger partial charge in [-0.25, -0.2) is 0 Å². The van der Waals surface area contributed by atoms with E-state index in [9.17, 15) is 9.90 Å². The van der Waals surface area contributed by atoms with Crippen molar-refractivity contribution in [1.82, 2.24) is 5.32 Å². The molecule has 1 aliphatic carbocycles. The Morgan fingerprint density at radius 2 is 2.00 bits per heavy atom. The van der Waals surface area contributed by atoms with Crippen LogP contribution in [0.4, 0.5) is 0 Å².